The van der Waals surface area contributed by atoms with Crippen molar-refractivity contribution in [2.75, 3.05) is 43.0 Å². The summed E-state index contributed by atoms with van der Waals surface area (Å²) in [5.41, 5.74) is 2.19. The van der Waals surface area contributed by atoms with Crippen molar-refractivity contribution in [1.82, 2.24) is 14.9 Å². The van der Waals surface area contributed by atoms with Gasteiger partial charge in [0.2, 0.25) is 5.91 Å². The van der Waals surface area contributed by atoms with Gasteiger partial charge in [0.25, 0.3) is 5.92 Å². The van der Waals surface area contributed by atoms with E-state index < -0.39 is 5.92 Å². The van der Waals surface area contributed by atoms with Crippen LogP contribution in [0.15, 0.2) is 42.6 Å². The summed E-state index contributed by atoms with van der Waals surface area (Å²) in [7, 11) is 1.92. The van der Waals surface area contributed by atoms with Crippen LogP contribution in [0.2, 0.25) is 0 Å². The van der Waals surface area contributed by atoms with Crippen molar-refractivity contribution >= 4 is 23.4 Å². The van der Waals surface area contributed by atoms with Crippen LogP contribution in [0.25, 0.3) is 0 Å². The van der Waals surface area contributed by atoms with E-state index in [1.807, 2.05) is 42.0 Å². The first kappa shape index (κ1) is 36.8. The van der Waals surface area contributed by atoms with Crippen LogP contribution in [-0.4, -0.2) is 59.9 Å². The summed E-state index contributed by atoms with van der Waals surface area (Å²) in [4.78, 5) is 28.0. The number of hydrogen-bond acceptors (Lipinski definition) is 5. The van der Waals surface area contributed by atoms with Crippen molar-refractivity contribution in [1.29, 1.82) is 0 Å². The van der Waals surface area contributed by atoms with E-state index in [1.165, 1.54) is 70.6 Å². The fourth-order valence-corrected chi connectivity index (χ4v) is 6.81. The average molecular weight is 652 g/mol. The Morgan fingerprint density at radius 3 is 2.21 bits per heavy atom. The molecule has 0 bridgehead atoms. The van der Waals surface area contributed by atoms with Crippen LogP contribution < -0.4 is 9.80 Å². The van der Waals surface area contributed by atoms with E-state index in [9.17, 15) is 13.6 Å². The molecule has 2 aromatic rings. The summed E-state index contributed by atoms with van der Waals surface area (Å²) < 4.78 is 28.3. The van der Waals surface area contributed by atoms with Crippen LogP contribution in [-0.2, 0) is 4.79 Å². The molecule has 1 amide bonds. The number of alkyl halides is 2. The van der Waals surface area contributed by atoms with Crippen LogP contribution in [0.4, 0.5) is 26.2 Å². The first-order valence-corrected chi connectivity index (χ1v) is 18.5. The van der Waals surface area contributed by atoms with E-state index in [0.717, 1.165) is 55.7 Å². The van der Waals surface area contributed by atoms with Gasteiger partial charge in [0, 0.05) is 45.7 Å². The molecule has 2 saturated heterocycles. The van der Waals surface area contributed by atoms with Gasteiger partial charge in [-0.2, -0.15) is 0 Å². The van der Waals surface area contributed by atoms with Crippen molar-refractivity contribution in [2.24, 2.45) is 0 Å². The fraction of sp³-hybridized carbons (Fsp3) is 0.667. The van der Waals surface area contributed by atoms with Gasteiger partial charge in [-0.3, -0.25) is 4.79 Å². The Hall–Kier alpha value is -3.03. The average Bonchev–Trinajstić information content (AvgIpc) is 3.45. The third-order valence-electron chi connectivity index (χ3n) is 9.87. The molecule has 4 heterocycles. The molecule has 260 valence electrons. The number of likely N-dealkylation sites (tertiary alicyclic amines) is 1. The van der Waals surface area contributed by atoms with Crippen molar-refractivity contribution < 1.29 is 13.6 Å². The second-order valence-corrected chi connectivity index (χ2v) is 13.9. The van der Waals surface area contributed by atoms with E-state index in [-0.39, 0.29) is 24.8 Å². The number of aryl methyl sites for hydroxylation is 1. The van der Waals surface area contributed by atoms with Gasteiger partial charge in [-0.25, -0.2) is 18.7 Å². The number of aromatic nitrogens is 2. The molecule has 6 nitrogen and oxygen atoms in total. The number of halogens is 2. The minimum Gasteiger partial charge on any atom is -0.350 e. The summed E-state index contributed by atoms with van der Waals surface area (Å²) >= 11 is 0. The smallest absolute Gasteiger partial charge is 0.266 e. The second-order valence-electron chi connectivity index (χ2n) is 13.9. The molecule has 2 fully saturated rings. The highest BCUT2D eigenvalue weighted by Gasteiger charge is 2.39. The molecule has 47 heavy (non-hydrogen) atoms. The first-order valence-electron chi connectivity index (χ1n) is 18.5. The summed E-state index contributed by atoms with van der Waals surface area (Å²) in [5.74, 6) is -0.116. The van der Waals surface area contributed by atoms with Gasteiger partial charge in [-0.15, -0.1) is 0 Å². The number of allylic oxidation sites excluding steroid dienone is 2. The molecule has 0 unspecified atom stereocenters. The molecule has 8 heteroatoms. The predicted molar refractivity (Wildman–Crippen MR) is 191 cm³/mol. The Morgan fingerprint density at radius 2 is 1.57 bits per heavy atom. The monoisotopic (exact) mass is 651 g/mol. The lowest BCUT2D eigenvalue weighted by Gasteiger charge is -2.33. The van der Waals surface area contributed by atoms with Crippen LogP contribution in [0, 0.1) is 6.92 Å². The summed E-state index contributed by atoms with van der Waals surface area (Å²) in [6, 6.07) is 8.02. The molecule has 0 radical (unpaired) electrons. The number of piperidine rings is 1. The maximum Gasteiger partial charge on any atom is 0.266 e. The van der Waals surface area contributed by atoms with Gasteiger partial charge >= 0.3 is 0 Å². The summed E-state index contributed by atoms with van der Waals surface area (Å²) in [6.07, 6.45) is 25.0. The Kier molecular flexibility index (Phi) is 14.9. The van der Waals surface area contributed by atoms with Crippen molar-refractivity contribution in [3.8, 4) is 0 Å². The van der Waals surface area contributed by atoms with Gasteiger partial charge in [0.15, 0.2) is 0 Å². The van der Waals surface area contributed by atoms with Crippen molar-refractivity contribution in [3.05, 3.63) is 53.7 Å². The number of pyridine rings is 2. The lowest BCUT2D eigenvalue weighted by atomic mass is 9.89. The van der Waals surface area contributed by atoms with Gasteiger partial charge in [-0.1, -0.05) is 70.4 Å². The zero-order chi connectivity index (χ0) is 33.5. The minimum atomic E-state index is -2.70. The number of anilines is 3. The van der Waals surface area contributed by atoms with Gasteiger partial charge in [-0.05, 0) is 93.2 Å². The molecule has 0 saturated carbocycles. The summed E-state index contributed by atoms with van der Waals surface area (Å²) in [6.45, 7) is 5.74. The maximum atomic E-state index is 14.2. The number of hydrogen-bond donors (Lipinski definition) is 0. The highest BCUT2D eigenvalue weighted by Crippen LogP contribution is 2.36. The molecule has 4 rings (SSSR count). The normalized spacial score (nSPS) is 16.8. The Labute approximate surface area is 283 Å². The molecular weight excluding hydrogens is 592 g/mol. The van der Waals surface area contributed by atoms with Gasteiger partial charge in [0.1, 0.15) is 17.5 Å². The lowest BCUT2D eigenvalue weighted by Crippen LogP contribution is -2.37. The number of carbonyl (C=O) groups is 1. The Morgan fingerprint density at radius 1 is 0.915 bits per heavy atom. The molecule has 2 aromatic heterocycles. The zero-order valence-electron chi connectivity index (χ0n) is 29.4. The quantitative estimate of drug-likeness (QED) is 0.112. The number of carbonyl (C=O) groups excluding carboxylic acids is 1. The van der Waals surface area contributed by atoms with Crippen molar-refractivity contribution in [2.45, 2.75) is 135 Å². The van der Waals surface area contributed by atoms with E-state index in [4.69, 9.17) is 4.98 Å². The minimum absolute atomic E-state index is 0.152. The highest BCUT2D eigenvalue weighted by atomic mass is 19.3. The number of amides is 1. The van der Waals surface area contributed by atoms with Crippen LogP contribution >= 0.6 is 0 Å². The van der Waals surface area contributed by atoms with Crippen molar-refractivity contribution in [3.63, 3.8) is 0 Å². The van der Waals surface area contributed by atoms with E-state index in [1.54, 1.807) is 11.1 Å². The topological polar surface area (TPSA) is 52.6 Å². The lowest BCUT2D eigenvalue weighted by molar-refractivity contribution is -0.132. The Balaban J connectivity index is 1.19. The molecule has 0 aromatic carbocycles. The Bertz CT molecular complexity index is 1260. The van der Waals surface area contributed by atoms with Crippen LogP contribution in [0.3, 0.4) is 0 Å². The van der Waals surface area contributed by atoms with Crippen LogP contribution in [0.5, 0.6) is 0 Å². The van der Waals surface area contributed by atoms with Gasteiger partial charge < -0.3 is 14.7 Å². The third kappa shape index (κ3) is 12.2. The molecule has 0 N–H and O–H groups in total. The van der Waals surface area contributed by atoms with E-state index in [0.29, 0.717) is 24.6 Å². The summed E-state index contributed by atoms with van der Waals surface area (Å²) in [5, 5.41) is 0. The first-order chi connectivity index (χ1) is 22.8. The largest absolute Gasteiger partial charge is 0.350 e. The van der Waals surface area contributed by atoms with Gasteiger partial charge in [0.05, 0.1) is 6.54 Å². The predicted octanol–water partition coefficient (Wildman–Crippen LogP) is 10.1. The molecule has 0 aliphatic carbocycles. The number of unbranched alkanes of at least 4 members (excludes halogenated alkanes) is 11. The fourth-order valence-electron chi connectivity index (χ4n) is 6.81. The van der Waals surface area contributed by atoms with E-state index >= 15 is 0 Å². The molecule has 2 aliphatic heterocycles. The molecule has 2 aliphatic rings. The zero-order valence-corrected chi connectivity index (χ0v) is 29.4. The van der Waals surface area contributed by atoms with E-state index in [2.05, 4.69) is 30.1 Å². The SMILES string of the molecule is CCCCCCCC/C=C\CCCCCCCC(=O)N1CCC(c2cc(N3CCC(F)(F)C3)nc(N(C)c3cc(C)ccn3)c2)CC1. The highest BCUT2D eigenvalue weighted by molar-refractivity contribution is 5.76. The standard InChI is InChI=1S/C39H59F2N5O/c1-4-5-6-7-8-9-10-11-12-13-14-15-16-17-18-19-38(47)45-25-21-33(22-26-45)34-29-36(44(3)35-28-32(2)20-24-42-35)43-37(30-34)46-27-23-39(40,41)31-46/h11-12,20,24,28-30,33H,4-10,13-19,21-23,25-27,31H2,1-3H3/b12-11-. The number of nitrogens with zero attached hydrogens (tertiary/aromatic N) is 5. The van der Waals surface area contributed by atoms with Crippen LogP contribution in [0.1, 0.15) is 133 Å². The number of rotatable bonds is 19. The third-order valence-corrected chi connectivity index (χ3v) is 9.87. The molecular formula is C39H59F2N5O. The molecule has 0 atom stereocenters. The second kappa shape index (κ2) is 19.1. The maximum absolute atomic E-state index is 14.2. The molecule has 0 spiro atoms.